The fraction of sp³-hybridized carbons (Fsp3) is 0.143. The molecule has 0 aromatic heterocycles. The number of nitrogens with zero attached hydrogens (tertiary/aromatic N) is 1. The van der Waals surface area contributed by atoms with Gasteiger partial charge in [0.15, 0.2) is 0 Å². The Hall–Kier alpha value is -5.66. The summed E-state index contributed by atoms with van der Waals surface area (Å²) in [6.45, 7) is 11.8. The van der Waals surface area contributed by atoms with Crippen molar-refractivity contribution >= 4 is 17.1 Å². The van der Waals surface area contributed by atoms with Crippen LogP contribution in [0, 0.1) is 0 Å². The summed E-state index contributed by atoms with van der Waals surface area (Å²) in [5.74, 6) is 0. The van der Waals surface area contributed by atoms with Crippen LogP contribution >= 0.6 is 0 Å². The summed E-state index contributed by atoms with van der Waals surface area (Å²) < 4.78 is 0. The van der Waals surface area contributed by atoms with Crippen LogP contribution in [-0.4, -0.2) is 0 Å². The molecular weight excluding hydrogens is 603 g/mol. The molecule has 1 nitrogen and oxygen atoms in total. The summed E-state index contributed by atoms with van der Waals surface area (Å²) in [6.07, 6.45) is 0. The molecule has 7 aromatic rings. The van der Waals surface area contributed by atoms with Crippen LogP contribution in [0.3, 0.4) is 0 Å². The molecule has 1 aliphatic carbocycles. The van der Waals surface area contributed by atoms with Gasteiger partial charge in [-0.1, -0.05) is 168 Å². The van der Waals surface area contributed by atoms with Crippen LogP contribution in [0.15, 0.2) is 170 Å². The summed E-state index contributed by atoms with van der Waals surface area (Å²) >= 11 is 0. The molecule has 8 rings (SSSR count). The van der Waals surface area contributed by atoms with Gasteiger partial charge >= 0.3 is 0 Å². The Labute approximate surface area is 297 Å². The third-order valence-electron chi connectivity index (χ3n) is 10.4. The van der Waals surface area contributed by atoms with E-state index in [-0.39, 0.29) is 10.8 Å². The van der Waals surface area contributed by atoms with Gasteiger partial charge in [-0.05, 0) is 103 Å². The average molecular weight is 646 g/mol. The van der Waals surface area contributed by atoms with Crippen molar-refractivity contribution < 1.29 is 0 Å². The Morgan fingerprint density at radius 1 is 0.400 bits per heavy atom. The lowest BCUT2D eigenvalue weighted by molar-refractivity contribution is 0.593. The molecule has 1 heteroatoms. The number of benzene rings is 7. The standard InChI is InChI=1S/C49H43N/c1-48(2,3)47-43(37-21-13-8-14-22-37)31-38(35-19-11-7-12-20-35)32-46(47)50(39-27-25-36(26-28-39)34-17-9-6-10-18-34)40-29-30-42-41-23-15-16-24-44(41)49(4,5)45(42)33-40/h6-33H,1-5H3. The first-order valence-electron chi connectivity index (χ1n) is 17.7. The molecule has 0 atom stereocenters. The van der Waals surface area contributed by atoms with Gasteiger partial charge in [0, 0.05) is 16.8 Å². The lowest BCUT2D eigenvalue weighted by atomic mass is 9.78. The van der Waals surface area contributed by atoms with Gasteiger partial charge in [-0.15, -0.1) is 0 Å². The average Bonchev–Trinajstić information content (AvgIpc) is 3.38. The van der Waals surface area contributed by atoms with Gasteiger partial charge in [0.2, 0.25) is 0 Å². The predicted octanol–water partition coefficient (Wildman–Crippen LogP) is 13.8. The van der Waals surface area contributed by atoms with Gasteiger partial charge in [-0.25, -0.2) is 0 Å². The van der Waals surface area contributed by atoms with Gasteiger partial charge in [-0.2, -0.15) is 0 Å². The fourth-order valence-corrected chi connectivity index (χ4v) is 7.93. The number of rotatable bonds is 6. The topological polar surface area (TPSA) is 3.24 Å². The van der Waals surface area contributed by atoms with Crippen molar-refractivity contribution in [3.63, 3.8) is 0 Å². The summed E-state index contributed by atoms with van der Waals surface area (Å²) in [6, 6.07) is 62.3. The van der Waals surface area contributed by atoms with Gasteiger partial charge in [0.1, 0.15) is 0 Å². The second-order valence-electron chi connectivity index (χ2n) is 15.0. The highest BCUT2D eigenvalue weighted by molar-refractivity contribution is 5.91. The third-order valence-corrected chi connectivity index (χ3v) is 10.4. The molecule has 244 valence electrons. The molecule has 0 N–H and O–H groups in total. The van der Waals surface area contributed by atoms with Gasteiger partial charge in [0.05, 0.1) is 5.69 Å². The van der Waals surface area contributed by atoms with E-state index in [1.54, 1.807) is 0 Å². The molecule has 0 heterocycles. The maximum absolute atomic E-state index is 2.51. The summed E-state index contributed by atoms with van der Waals surface area (Å²) in [5.41, 5.74) is 17.3. The van der Waals surface area contributed by atoms with Crippen molar-refractivity contribution in [3.8, 4) is 44.5 Å². The zero-order chi connectivity index (χ0) is 34.5. The molecular formula is C49H43N. The first-order valence-corrected chi connectivity index (χ1v) is 17.7. The molecule has 7 aromatic carbocycles. The minimum absolute atomic E-state index is 0.112. The third kappa shape index (κ3) is 5.53. The van der Waals surface area contributed by atoms with E-state index in [4.69, 9.17) is 0 Å². The Morgan fingerprint density at radius 2 is 0.900 bits per heavy atom. The van der Waals surface area contributed by atoms with Crippen LogP contribution in [0.25, 0.3) is 44.5 Å². The minimum Gasteiger partial charge on any atom is -0.310 e. The number of hydrogen-bond acceptors (Lipinski definition) is 1. The lowest BCUT2D eigenvalue weighted by Crippen LogP contribution is -2.21. The van der Waals surface area contributed by atoms with E-state index in [1.165, 1.54) is 66.9 Å². The van der Waals surface area contributed by atoms with Gasteiger partial charge in [0.25, 0.3) is 0 Å². The van der Waals surface area contributed by atoms with E-state index in [0.717, 1.165) is 11.4 Å². The number of hydrogen-bond donors (Lipinski definition) is 0. The maximum Gasteiger partial charge on any atom is 0.0511 e. The first kappa shape index (κ1) is 31.6. The monoisotopic (exact) mass is 645 g/mol. The number of fused-ring (bicyclic) bond motifs is 3. The Morgan fingerprint density at radius 3 is 1.52 bits per heavy atom. The molecule has 0 spiro atoms. The molecule has 0 radical (unpaired) electrons. The molecule has 0 saturated heterocycles. The second-order valence-corrected chi connectivity index (χ2v) is 15.0. The molecule has 0 amide bonds. The zero-order valence-corrected chi connectivity index (χ0v) is 29.6. The van der Waals surface area contributed by atoms with Crippen LogP contribution in [0.1, 0.15) is 51.3 Å². The molecule has 0 bridgehead atoms. The van der Waals surface area contributed by atoms with Crippen LogP contribution in [0.2, 0.25) is 0 Å². The fourth-order valence-electron chi connectivity index (χ4n) is 7.93. The Kier molecular flexibility index (Phi) is 7.80. The van der Waals surface area contributed by atoms with Crippen molar-refractivity contribution in [3.05, 3.63) is 187 Å². The van der Waals surface area contributed by atoms with Crippen LogP contribution < -0.4 is 4.90 Å². The molecule has 0 fully saturated rings. The molecule has 50 heavy (non-hydrogen) atoms. The zero-order valence-electron chi connectivity index (χ0n) is 29.6. The van der Waals surface area contributed by atoms with E-state index in [2.05, 4.69) is 209 Å². The highest BCUT2D eigenvalue weighted by Crippen LogP contribution is 2.52. The molecule has 0 aliphatic heterocycles. The van der Waals surface area contributed by atoms with E-state index in [1.807, 2.05) is 0 Å². The SMILES string of the molecule is CC(C)(C)c1c(-c2ccccc2)cc(-c2ccccc2)cc1N(c1ccc(-c2ccccc2)cc1)c1ccc2c(c1)C(C)(C)c1ccccc1-2. The van der Waals surface area contributed by atoms with Crippen LogP contribution in [0.5, 0.6) is 0 Å². The van der Waals surface area contributed by atoms with Gasteiger partial charge < -0.3 is 4.90 Å². The predicted molar refractivity (Wildman–Crippen MR) is 214 cm³/mol. The first-order chi connectivity index (χ1) is 24.2. The largest absolute Gasteiger partial charge is 0.310 e. The molecule has 0 saturated carbocycles. The van der Waals surface area contributed by atoms with E-state index >= 15 is 0 Å². The van der Waals surface area contributed by atoms with Gasteiger partial charge in [-0.3, -0.25) is 0 Å². The second kappa shape index (κ2) is 12.3. The van der Waals surface area contributed by atoms with Crippen molar-refractivity contribution in [1.29, 1.82) is 0 Å². The highest BCUT2D eigenvalue weighted by Gasteiger charge is 2.36. The van der Waals surface area contributed by atoms with Crippen molar-refractivity contribution in [2.24, 2.45) is 0 Å². The Balaban J connectivity index is 1.42. The number of anilines is 3. The maximum atomic E-state index is 2.51. The quantitative estimate of drug-likeness (QED) is 0.174. The smallest absolute Gasteiger partial charge is 0.0511 e. The van der Waals surface area contributed by atoms with Crippen LogP contribution in [-0.2, 0) is 10.8 Å². The van der Waals surface area contributed by atoms with Crippen molar-refractivity contribution in [2.45, 2.75) is 45.4 Å². The van der Waals surface area contributed by atoms with Crippen molar-refractivity contribution in [2.75, 3.05) is 4.90 Å². The lowest BCUT2D eigenvalue weighted by Gasteiger charge is -2.35. The molecule has 1 aliphatic rings. The van der Waals surface area contributed by atoms with Crippen LogP contribution in [0.4, 0.5) is 17.1 Å². The summed E-state index contributed by atoms with van der Waals surface area (Å²) in [4.78, 5) is 2.51. The Bertz CT molecular complexity index is 2290. The highest BCUT2D eigenvalue weighted by atomic mass is 15.1. The van der Waals surface area contributed by atoms with Crippen molar-refractivity contribution in [1.82, 2.24) is 0 Å². The minimum atomic E-state index is -0.163. The van der Waals surface area contributed by atoms with E-state index < -0.39 is 0 Å². The summed E-state index contributed by atoms with van der Waals surface area (Å²) in [7, 11) is 0. The summed E-state index contributed by atoms with van der Waals surface area (Å²) in [5, 5.41) is 0. The normalized spacial score (nSPS) is 13.1. The van der Waals surface area contributed by atoms with E-state index in [9.17, 15) is 0 Å². The van der Waals surface area contributed by atoms with E-state index in [0.29, 0.717) is 0 Å². The molecule has 0 unspecified atom stereocenters.